The Morgan fingerprint density at radius 2 is 2.04 bits per heavy atom. The van der Waals surface area contributed by atoms with Gasteiger partial charge in [0.05, 0.1) is 5.92 Å². The lowest BCUT2D eigenvalue weighted by Crippen LogP contribution is -2.48. The zero-order valence-corrected chi connectivity index (χ0v) is 14.3. The second kappa shape index (κ2) is 7.09. The van der Waals surface area contributed by atoms with E-state index in [4.69, 9.17) is 16.7 Å². The van der Waals surface area contributed by atoms with Crippen molar-refractivity contribution >= 4 is 23.5 Å². The summed E-state index contributed by atoms with van der Waals surface area (Å²) in [5, 5.41) is 9.79. The van der Waals surface area contributed by atoms with Gasteiger partial charge in [0.25, 0.3) is 0 Å². The van der Waals surface area contributed by atoms with Gasteiger partial charge in [0.2, 0.25) is 5.91 Å². The van der Waals surface area contributed by atoms with Crippen molar-refractivity contribution in [3.05, 3.63) is 34.9 Å². The molecule has 7 heteroatoms. The number of carbonyl (C=O) groups excluding carboxylic acids is 1. The SMILES string of the molecule is CC(CN(C(=O)C1CC(c2ccccc2Cl)NN1)C1CC1)C(=O)O. The number of nitrogens with zero attached hydrogens (tertiary/aromatic N) is 1. The van der Waals surface area contributed by atoms with Gasteiger partial charge in [0.15, 0.2) is 0 Å². The van der Waals surface area contributed by atoms with Crippen molar-refractivity contribution in [2.24, 2.45) is 5.92 Å². The molecule has 2 aliphatic rings. The quantitative estimate of drug-likeness (QED) is 0.730. The van der Waals surface area contributed by atoms with E-state index in [1.165, 1.54) is 0 Å². The lowest BCUT2D eigenvalue weighted by atomic mass is 10.0. The fourth-order valence-corrected chi connectivity index (χ4v) is 3.33. The van der Waals surface area contributed by atoms with Crippen LogP contribution in [0.3, 0.4) is 0 Å². The average Bonchev–Trinajstić information content (AvgIpc) is 3.28. The highest BCUT2D eigenvalue weighted by Crippen LogP contribution is 2.32. The number of amides is 1. The molecule has 130 valence electrons. The third kappa shape index (κ3) is 3.71. The molecule has 1 heterocycles. The first-order valence-electron chi connectivity index (χ1n) is 8.26. The minimum atomic E-state index is -0.875. The molecule has 0 aromatic heterocycles. The maximum Gasteiger partial charge on any atom is 0.308 e. The Labute approximate surface area is 146 Å². The molecule has 1 aliphatic carbocycles. The second-order valence-corrected chi connectivity index (χ2v) is 7.02. The van der Waals surface area contributed by atoms with E-state index in [-0.39, 0.29) is 30.6 Å². The molecule has 3 unspecified atom stereocenters. The van der Waals surface area contributed by atoms with Crippen molar-refractivity contribution in [1.29, 1.82) is 0 Å². The normalized spacial score (nSPS) is 24.6. The van der Waals surface area contributed by atoms with Crippen molar-refractivity contribution < 1.29 is 14.7 Å². The summed E-state index contributed by atoms with van der Waals surface area (Å²) >= 11 is 6.23. The first-order chi connectivity index (χ1) is 11.5. The molecule has 1 aromatic carbocycles. The van der Waals surface area contributed by atoms with Crippen LogP contribution in [0.5, 0.6) is 0 Å². The van der Waals surface area contributed by atoms with Gasteiger partial charge < -0.3 is 10.0 Å². The molecule has 1 saturated heterocycles. The van der Waals surface area contributed by atoms with Crippen LogP contribution >= 0.6 is 11.6 Å². The maximum atomic E-state index is 12.8. The third-order valence-electron chi connectivity index (χ3n) is 4.64. The van der Waals surface area contributed by atoms with Gasteiger partial charge in [-0.1, -0.05) is 36.7 Å². The number of benzene rings is 1. The molecule has 0 bridgehead atoms. The van der Waals surface area contributed by atoms with Crippen LogP contribution in [0.4, 0.5) is 0 Å². The van der Waals surface area contributed by atoms with Crippen LogP contribution in [-0.2, 0) is 9.59 Å². The highest BCUT2D eigenvalue weighted by molar-refractivity contribution is 6.31. The molecular weight excluding hydrogens is 330 g/mol. The summed E-state index contributed by atoms with van der Waals surface area (Å²) in [6, 6.07) is 7.35. The Kier molecular flexibility index (Phi) is 5.08. The standard InChI is InChI=1S/C17H22ClN3O3/c1-10(17(23)24)9-21(11-6-7-11)16(22)15-8-14(19-20-15)12-4-2-3-5-13(12)18/h2-5,10-11,14-15,19-20H,6-9H2,1H3,(H,23,24). The summed E-state index contributed by atoms with van der Waals surface area (Å²) in [7, 11) is 0. The Hall–Kier alpha value is -1.63. The van der Waals surface area contributed by atoms with Gasteiger partial charge in [0, 0.05) is 23.7 Å². The van der Waals surface area contributed by atoms with E-state index in [2.05, 4.69) is 10.9 Å². The fraction of sp³-hybridized carbons (Fsp3) is 0.529. The zero-order valence-electron chi connectivity index (χ0n) is 13.5. The minimum absolute atomic E-state index is 0.0346. The lowest BCUT2D eigenvalue weighted by molar-refractivity contribution is -0.143. The van der Waals surface area contributed by atoms with Gasteiger partial charge in [-0.3, -0.25) is 9.59 Å². The van der Waals surface area contributed by atoms with Crippen molar-refractivity contribution in [3.63, 3.8) is 0 Å². The summed E-state index contributed by atoms with van der Waals surface area (Å²) in [4.78, 5) is 25.7. The number of halogens is 1. The van der Waals surface area contributed by atoms with Gasteiger partial charge >= 0.3 is 5.97 Å². The van der Waals surface area contributed by atoms with E-state index >= 15 is 0 Å². The fourth-order valence-electron chi connectivity index (χ4n) is 3.06. The number of rotatable bonds is 6. The molecule has 2 fully saturated rings. The topological polar surface area (TPSA) is 81.7 Å². The molecule has 0 spiro atoms. The molecule has 6 nitrogen and oxygen atoms in total. The summed E-state index contributed by atoms with van der Waals surface area (Å²) in [6.45, 7) is 1.89. The molecule has 24 heavy (non-hydrogen) atoms. The Balaban J connectivity index is 1.66. The van der Waals surface area contributed by atoms with E-state index in [9.17, 15) is 9.59 Å². The van der Waals surface area contributed by atoms with Crippen LogP contribution in [0.25, 0.3) is 0 Å². The number of hydrogen-bond acceptors (Lipinski definition) is 4. The molecule has 1 aliphatic heterocycles. The maximum absolute atomic E-state index is 12.8. The zero-order chi connectivity index (χ0) is 17.3. The highest BCUT2D eigenvalue weighted by atomic mass is 35.5. The summed E-state index contributed by atoms with van der Waals surface area (Å²) in [6.07, 6.45) is 2.49. The number of hydrazine groups is 1. The van der Waals surface area contributed by atoms with Gasteiger partial charge in [-0.25, -0.2) is 10.9 Å². The van der Waals surface area contributed by atoms with Crippen LogP contribution in [0.2, 0.25) is 5.02 Å². The predicted octanol–water partition coefficient (Wildman–Crippen LogP) is 1.96. The molecule has 1 amide bonds. The van der Waals surface area contributed by atoms with Crippen molar-refractivity contribution in [1.82, 2.24) is 15.8 Å². The Morgan fingerprint density at radius 3 is 2.67 bits per heavy atom. The van der Waals surface area contributed by atoms with E-state index < -0.39 is 11.9 Å². The Bertz CT molecular complexity index is 635. The van der Waals surface area contributed by atoms with E-state index in [0.717, 1.165) is 18.4 Å². The number of carboxylic acids is 1. The number of carbonyl (C=O) groups is 2. The molecule has 3 atom stereocenters. The van der Waals surface area contributed by atoms with Crippen LogP contribution < -0.4 is 10.9 Å². The van der Waals surface area contributed by atoms with Crippen LogP contribution in [-0.4, -0.2) is 40.5 Å². The second-order valence-electron chi connectivity index (χ2n) is 6.61. The molecule has 1 aromatic rings. The Morgan fingerprint density at radius 1 is 1.33 bits per heavy atom. The highest BCUT2D eigenvalue weighted by Gasteiger charge is 2.40. The van der Waals surface area contributed by atoms with E-state index in [1.807, 2.05) is 24.3 Å². The van der Waals surface area contributed by atoms with Gasteiger partial charge in [0.1, 0.15) is 6.04 Å². The largest absolute Gasteiger partial charge is 0.481 e. The lowest BCUT2D eigenvalue weighted by Gasteiger charge is -2.27. The molecule has 3 N–H and O–H groups in total. The monoisotopic (exact) mass is 351 g/mol. The number of nitrogens with one attached hydrogen (secondary N) is 2. The summed E-state index contributed by atoms with van der Waals surface area (Å²) in [5.41, 5.74) is 7.14. The first kappa shape index (κ1) is 17.2. The molecular formula is C17H22ClN3O3. The van der Waals surface area contributed by atoms with Gasteiger partial charge in [-0.2, -0.15) is 0 Å². The average molecular weight is 352 g/mol. The van der Waals surface area contributed by atoms with Crippen molar-refractivity contribution in [2.45, 2.75) is 44.3 Å². The number of carboxylic acid groups (broad SMARTS) is 1. The summed E-state index contributed by atoms with van der Waals surface area (Å²) < 4.78 is 0. The van der Waals surface area contributed by atoms with Crippen molar-refractivity contribution in [2.75, 3.05) is 6.54 Å². The van der Waals surface area contributed by atoms with E-state index in [0.29, 0.717) is 11.4 Å². The number of hydrogen-bond donors (Lipinski definition) is 3. The smallest absolute Gasteiger partial charge is 0.308 e. The molecule has 0 radical (unpaired) electrons. The van der Waals surface area contributed by atoms with Gasteiger partial charge in [-0.05, 0) is 30.9 Å². The first-order valence-corrected chi connectivity index (χ1v) is 8.64. The van der Waals surface area contributed by atoms with Crippen LogP contribution in [0, 0.1) is 5.92 Å². The predicted molar refractivity (Wildman–Crippen MR) is 90.4 cm³/mol. The van der Waals surface area contributed by atoms with E-state index in [1.54, 1.807) is 11.8 Å². The van der Waals surface area contributed by atoms with Gasteiger partial charge in [-0.15, -0.1) is 0 Å². The number of aliphatic carboxylic acids is 1. The molecule has 3 rings (SSSR count). The van der Waals surface area contributed by atoms with Crippen molar-refractivity contribution in [3.8, 4) is 0 Å². The minimum Gasteiger partial charge on any atom is -0.481 e. The molecule has 1 saturated carbocycles. The summed E-state index contributed by atoms with van der Waals surface area (Å²) in [5.74, 6) is -1.48. The van der Waals surface area contributed by atoms with Crippen LogP contribution in [0.15, 0.2) is 24.3 Å². The van der Waals surface area contributed by atoms with Crippen LogP contribution in [0.1, 0.15) is 37.8 Å². The third-order valence-corrected chi connectivity index (χ3v) is 4.99.